The molecule has 1 heterocycles. The van der Waals surface area contributed by atoms with Crippen molar-refractivity contribution in [3.63, 3.8) is 0 Å². The second-order valence-corrected chi connectivity index (χ2v) is 4.04. The maximum Gasteiger partial charge on any atom is 0.0232 e. The van der Waals surface area contributed by atoms with Crippen molar-refractivity contribution in [1.29, 1.82) is 0 Å². The maximum absolute atomic E-state index is 2.21. The van der Waals surface area contributed by atoms with Gasteiger partial charge in [-0.2, -0.15) is 0 Å². The number of aryl methyl sites for hydroxylation is 1. The fraction of sp³-hybridized carbons (Fsp3) is 0.167. The van der Waals surface area contributed by atoms with E-state index >= 15 is 0 Å². The molecule has 13 heavy (non-hydrogen) atoms. The molecule has 0 N–H and O–H groups in total. The Balaban J connectivity index is 2.40. The van der Waals surface area contributed by atoms with Gasteiger partial charge in [-0.1, -0.05) is 36.4 Å². The predicted octanol–water partition coefficient (Wildman–Crippen LogP) is 3.64. The summed E-state index contributed by atoms with van der Waals surface area (Å²) in [5, 5.41) is 2.14. The lowest BCUT2D eigenvalue weighted by molar-refractivity contribution is 1.41. The number of thioether (sulfide) groups is 1. The monoisotopic (exact) mass is 188 g/mol. The smallest absolute Gasteiger partial charge is 0.0232 e. The Morgan fingerprint density at radius 2 is 2.08 bits per heavy atom. The van der Waals surface area contributed by atoms with Crippen molar-refractivity contribution >= 4 is 17.3 Å². The Morgan fingerprint density at radius 3 is 2.77 bits per heavy atom. The average Bonchev–Trinajstić information content (AvgIpc) is 2.20. The highest BCUT2D eigenvalue weighted by Crippen LogP contribution is 2.26. The van der Waals surface area contributed by atoms with Crippen LogP contribution in [0.1, 0.15) is 11.1 Å². The van der Waals surface area contributed by atoms with Crippen LogP contribution in [0, 0.1) is 6.92 Å². The van der Waals surface area contributed by atoms with Gasteiger partial charge in [0.05, 0.1) is 0 Å². The Kier molecular flexibility index (Phi) is 2.55. The maximum atomic E-state index is 2.21. The Bertz CT molecular complexity index is 361. The quantitative estimate of drug-likeness (QED) is 0.648. The number of hydrogen-bond donors (Lipinski definition) is 0. The minimum Gasteiger partial charge on any atom is -0.129 e. The van der Waals surface area contributed by atoms with Gasteiger partial charge in [0.25, 0.3) is 0 Å². The Hall–Kier alpha value is -0.950. The van der Waals surface area contributed by atoms with Crippen LogP contribution in [0.15, 0.2) is 41.8 Å². The van der Waals surface area contributed by atoms with Crippen molar-refractivity contribution in [3.05, 3.63) is 53.0 Å². The summed E-state index contributed by atoms with van der Waals surface area (Å²) in [6.07, 6.45) is 4.33. The first-order chi connectivity index (χ1) is 6.38. The van der Waals surface area contributed by atoms with E-state index in [1.54, 1.807) is 0 Å². The third kappa shape index (κ3) is 1.86. The number of allylic oxidation sites excluding steroid dienone is 2. The van der Waals surface area contributed by atoms with E-state index < -0.39 is 0 Å². The minimum atomic E-state index is 1.10. The molecule has 0 amide bonds. The van der Waals surface area contributed by atoms with Gasteiger partial charge in [-0.05, 0) is 29.0 Å². The summed E-state index contributed by atoms with van der Waals surface area (Å²) in [5.74, 6) is 1.10. The van der Waals surface area contributed by atoms with Crippen molar-refractivity contribution in [3.8, 4) is 0 Å². The van der Waals surface area contributed by atoms with E-state index in [1.165, 1.54) is 16.7 Å². The second-order valence-electron chi connectivity index (χ2n) is 3.15. The van der Waals surface area contributed by atoms with Gasteiger partial charge in [0.15, 0.2) is 0 Å². The summed E-state index contributed by atoms with van der Waals surface area (Å²) >= 11 is 1.86. The lowest BCUT2D eigenvalue weighted by Gasteiger charge is -2.11. The second kappa shape index (κ2) is 3.84. The fourth-order valence-corrected chi connectivity index (χ4v) is 2.21. The molecule has 66 valence electrons. The van der Waals surface area contributed by atoms with Crippen molar-refractivity contribution < 1.29 is 0 Å². The molecule has 0 spiro atoms. The molecule has 0 saturated heterocycles. The van der Waals surface area contributed by atoms with Crippen LogP contribution >= 0.6 is 11.8 Å². The van der Waals surface area contributed by atoms with Gasteiger partial charge in [-0.3, -0.25) is 0 Å². The summed E-state index contributed by atoms with van der Waals surface area (Å²) in [6, 6.07) is 8.55. The van der Waals surface area contributed by atoms with Crippen LogP contribution in [-0.2, 0) is 0 Å². The van der Waals surface area contributed by atoms with E-state index in [-0.39, 0.29) is 0 Å². The number of rotatable bonds is 1. The molecule has 1 aromatic rings. The lowest BCUT2D eigenvalue weighted by Crippen LogP contribution is -1.92. The average molecular weight is 188 g/mol. The first-order valence-electron chi connectivity index (χ1n) is 4.41. The molecular weight excluding hydrogens is 176 g/mol. The third-order valence-electron chi connectivity index (χ3n) is 2.20. The molecule has 0 atom stereocenters. The van der Waals surface area contributed by atoms with Gasteiger partial charge in [-0.15, -0.1) is 11.8 Å². The zero-order valence-corrected chi connectivity index (χ0v) is 8.47. The van der Waals surface area contributed by atoms with Gasteiger partial charge < -0.3 is 0 Å². The fourth-order valence-electron chi connectivity index (χ4n) is 1.50. The van der Waals surface area contributed by atoms with E-state index in [0.717, 1.165) is 5.75 Å². The molecule has 0 bridgehead atoms. The molecule has 0 nitrogen and oxygen atoms in total. The normalized spacial score (nSPS) is 15.6. The van der Waals surface area contributed by atoms with Gasteiger partial charge in [-0.25, -0.2) is 0 Å². The minimum absolute atomic E-state index is 1.10. The Labute approximate surface area is 83.4 Å². The molecule has 1 aromatic carbocycles. The highest BCUT2D eigenvalue weighted by atomic mass is 32.2. The molecule has 1 aliphatic rings. The summed E-state index contributed by atoms with van der Waals surface area (Å²) < 4.78 is 0. The standard InChI is InChI=1S/C12H12S/c1-10-5-2-3-7-12(10)11-6-4-8-13-9-11/h2-8H,9H2,1H3. The Morgan fingerprint density at radius 1 is 1.23 bits per heavy atom. The third-order valence-corrected chi connectivity index (χ3v) is 3.03. The lowest BCUT2D eigenvalue weighted by atomic mass is 10.0. The highest BCUT2D eigenvalue weighted by Gasteiger charge is 2.04. The summed E-state index contributed by atoms with van der Waals surface area (Å²) in [6.45, 7) is 2.17. The predicted molar refractivity (Wildman–Crippen MR) is 60.8 cm³/mol. The van der Waals surface area contributed by atoms with Crippen LogP contribution in [0.2, 0.25) is 0 Å². The number of hydrogen-bond acceptors (Lipinski definition) is 1. The van der Waals surface area contributed by atoms with Gasteiger partial charge in [0.1, 0.15) is 0 Å². The van der Waals surface area contributed by atoms with Crippen LogP contribution in [0.3, 0.4) is 0 Å². The zero-order valence-electron chi connectivity index (χ0n) is 7.66. The highest BCUT2D eigenvalue weighted by molar-refractivity contribution is 8.02. The molecule has 1 aliphatic heterocycles. The van der Waals surface area contributed by atoms with Crippen LogP contribution in [0.4, 0.5) is 0 Å². The van der Waals surface area contributed by atoms with Crippen molar-refractivity contribution in [2.45, 2.75) is 6.92 Å². The first-order valence-corrected chi connectivity index (χ1v) is 5.46. The van der Waals surface area contributed by atoms with E-state index in [4.69, 9.17) is 0 Å². The molecular formula is C12H12S. The van der Waals surface area contributed by atoms with Gasteiger partial charge in [0.2, 0.25) is 0 Å². The van der Waals surface area contributed by atoms with Gasteiger partial charge in [0, 0.05) is 5.75 Å². The molecule has 0 radical (unpaired) electrons. The molecule has 1 heteroatoms. The molecule has 2 rings (SSSR count). The first kappa shape index (κ1) is 8.64. The summed E-state index contributed by atoms with van der Waals surface area (Å²) in [5.41, 5.74) is 4.19. The summed E-state index contributed by atoms with van der Waals surface area (Å²) in [4.78, 5) is 0. The van der Waals surface area contributed by atoms with E-state index in [2.05, 4.69) is 48.7 Å². The van der Waals surface area contributed by atoms with Crippen LogP contribution in [-0.4, -0.2) is 5.75 Å². The van der Waals surface area contributed by atoms with E-state index in [9.17, 15) is 0 Å². The molecule has 0 aromatic heterocycles. The molecule has 0 unspecified atom stereocenters. The van der Waals surface area contributed by atoms with Crippen LogP contribution < -0.4 is 0 Å². The van der Waals surface area contributed by atoms with Crippen molar-refractivity contribution in [2.75, 3.05) is 5.75 Å². The molecule has 0 fully saturated rings. The molecule has 0 aliphatic carbocycles. The van der Waals surface area contributed by atoms with Crippen LogP contribution in [0.5, 0.6) is 0 Å². The number of benzene rings is 1. The summed E-state index contributed by atoms with van der Waals surface area (Å²) in [7, 11) is 0. The van der Waals surface area contributed by atoms with Gasteiger partial charge >= 0.3 is 0 Å². The van der Waals surface area contributed by atoms with E-state index in [0.29, 0.717) is 0 Å². The molecule has 0 saturated carbocycles. The van der Waals surface area contributed by atoms with Crippen LogP contribution in [0.25, 0.3) is 5.57 Å². The van der Waals surface area contributed by atoms with Crippen molar-refractivity contribution in [1.82, 2.24) is 0 Å². The van der Waals surface area contributed by atoms with Crippen molar-refractivity contribution in [2.24, 2.45) is 0 Å². The topological polar surface area (TPSA) is 0 Å². The largest absolute Gasteiger partial charge is 0.129 e. The van der Waals surface area contributed by atoms with E-state index in [1.807, 2.05) is 11.8 Å². The SMILES string of the molecule is Cc1ccccc1C1=CC=CSC1. The zero-order chi connectivity index (χ0) is 9.10.